The van der Waals surface area contributed by atoms with E-state index in [4.69, 9.17) is 9.84 Å². The minimum absolute atomic E-state index is 0.138. The molecule has 0 radical (unpaired) electrons. The number of unbranched alkanes of at least 4 members (excludes halogenated alkanes) is 2. The second-order valence-electron chi connectivity index (χ2n) is 3.83. The van der Waals surface area contributed by atoms with Crippen LogP contribution >= 0.6 is 0 Å². The van der Waals surface area contributed by atoms with Crippen LogP contribution in [0.5, 0.6) is 5.75 Å². The Morgan fingerprint density at radius 1 is 1.22 bits per heavy atom. The highest BCUT2D eigenvalue weighted by Crippen LogP contribution is 2.22. The lowest BCUT2D eigenvalue weighted by molar-refractivity contribution is 0.283. The molecule has 5 nitrogen and oxygen atoms in total. The first-order valence-electron chi connectivity index (χ1n) is 5.85. The number of aliphatic hydroxyl groups is 1. The zero-order valence-corrected chi connectivity index (χ0v) is 11.2. The van der Waals surface area contributed by atoms with Crippen molar-refractivity contribution in [3.63, 3.8) is 0 Å². The Kier molecular flexibility index (Phi) is 6.11. The number of hydrogen-bond donors (Lipinski definition) is 2. The topological polar surface area (TPSA) is 75.6 Å². The molecule has 1 aromatic carbocycles. The first-order chi connectivity index (χ1) is 8.61. The van der Waals surface area contributed by atoms with E-state index in [1.807, 2.05) is 0 Å². The van der Waals surface area contributed by atoms with Crippen LogP contribution in [0.4, 0.5) is 0 Å². The SMILES string of the molecule is COc1ccccc1S(=O)(=O)NCCCCCO. The molecule has 0 aliphatic rings. The van der Waals surface area contributed by atoms with Crippen molar-refractivity contribution in [1.82, 2.24) is 4.72 Å². The normalized spacial score (nSPS) is 11.4. The maximum atomic E-state index is 12.0. The number of sulfonamides is 1. The first kappa shape index (κ1) is 14.9. The summed E-state index contributed by atoms with van der Waals surface area (Å²) in [4.78, 5) is 0.148. The van der Waals surface area contributed by atoms with E-state index in [1.165, 1.54) is 13.2 Å². The van der Waals surface area contributed by atoms with Gasteiger partial charge in [0.25, 0.3) is 0 Å². The van der Waals surface area contributed by atoms with Crippen molar-refractivity contribution < 1.29 is 18.3 Å². The fourth-order valence-electron chi connectivity index (χ4n) is 1.54. The van der Waals surface area contributed by atoms with Crippen molar-refractivity contribution in [2.75, 3.05) is 20.3 Å². The molecule has 0 aliphatic heterocycles. The van der Waals surface area contributed by atoms with Gasteiger partial charge in [0.1, 0.15) is 10.6 Å². The van der Waals surface area contributed by atoms with Gasteiger partial charge in [-0.15, -0.1) is 0 Å². The van der Waals surface area contributed by atoms with Gasteiger partial charge in [-0.3, -0.25) is 0 Å². The quantitative estimate of drug-likeness (QED) is 0.696. The van der Waals surface area contributed by atoms with Crippen LogP contribution in [0, 0.1) is 0 Å². The number of para-hydroxylation sites is 1. The minimum Gasteiger partial charge on any atom is -0.495 e. The van der Waals surface area contributed by atoms with Gasteiger partial charge in [0.15, 0.2) is 0 Å². The zero-order chi connectivity index (χ0) is 13.4. The number of benzene rings is 1. The summed E-state index contributed by atoms with van der Waals surface area (Å²) < 4.78 is 31.6. The Bertz CT molecular complexity index is 459. The average Bonchev–Trinajstić information content (AvgIpc) is 2.38. The summed E-state index contributed by atoms with van der Waals surface area (Å²) in [7, 11) is -2.09. The summed E-state index contributed by atoms with van der Waals surface area (Å²) in [6.45, 7) is 0.500. The lowest BCUT2D eigenvalue weighted by Crippen LogP contribution is -2.25. The van der Waals surface area contributed by atoms with E-state index in [0.29, 0.717) is 25.1 Å². The van der Waals surface area contributed by atoms with E-state index < -0.39 is 10.0 Å². The molecule has 0 saturated carbocycles. The van der Waals surface area contributed by atoms with E-state index in [1.54, 1.807) is 18.2 Å². The molecule has 2 N–H and O–H groups in total. The number of methoxy groups -OCH3 is 1. The van der Waals surface area contributed by atoms with Crippen LogP contribution in [-0.4, -0.2) is 33.8 Å². The fraction of sp³-hybridized carbons (Fsp3) is 0.500. The predicted molar refractivity (Wildman–Crippen MR) is 69.1 cm³/mol. The molecule has 0 atom stereocenters. The third-order valence-electron chi connectivity index (χ3n) is 2.49. The van der Waals surface area contributed by atoms with E-state index in [9.17, 15) is 8.42 Å². The van der Waals surface area contributed by atoms with E-state index >= 15 is 0 Å². The molecular weight excluding hydrogens is 254 g/mol. The molecule has 1 aromatic rings. The van der Waals surface area contributed by atoms with Crippen molar-refractivity contribution in [1.29, 1.82) is 0 Å². The van der Waals surface area contributed by atoms with Crippen LogP contribution in [0.3, 0.4) is 0 Å². The Morgan fingerprint density at radius 2 is 1.94 bits per heavy atom. The molecule has 18 heavy (non-hydrogen) atoms. The minimum atomic E-state index is -3.53. The third kappa shape index (κ3) is 4.29. The molecule has 0 fully saturated rings. The van der Waals surface area contributed by atoms with Crippen molar-refractivity contribution >= 4 is 10.0 Å². The third-order valence-corrected chi connectivity index (χ3v) is 3.99. The summed E-state index contributed by atoms with van der Waals surface area (Å²) in [5.41, 5.74) is 0. The zero-order valence-electron chi connectivity index (χ0n) is 10.4. The molecule has 0 heterocycles. The van der Waals surface area contributed by atoms with Crippen LogP contribution in [0.1, 0.15) is 19.3 Å². The smallest absolute Gasteiger partial charge is 0.244 e. The summed E-state index contributed by atoms with van der Waals surface area (Å²) in [6.07, 6.45) is 2.19. The van der Waals surface area contributed by atoms with Gasteiger partial charge in [0.05, 0.1) is 7.11 Å². The lowest BCUT2D eigenvalue weighted by atomic mass is 10.2. The molecule has 1 rings (SSSR count). The summed E-state index contributed by atoms with van der Waals surface area (Å²) in [5, 5.41) is 8.62. The second-order valence-corrected chi connectivity index (χ2v) is 5.57. The highest BCUT2D eigenvalue weighted by atomic mass is 32.2. The number of nitrogens with one attached hydrogen (secondary N) is 1. The van der Waals surface area contributed by atoms with Crippen molar-refractivity contribution in [2.45, 2.75) is 24.2 Å². The molecule has 0 aliphatic carbocycles. The van der Waals surface area contributed by atoms with E-state index in [0.717, 1.165) is 6.42 Å². The van der Waals surface area contributed by atoms with Gasteiger partial charge in [0.2, 0.25) is 10.0 Å². The van der Waals surface area contributed by atoms with Gasteiger partial charge in [-0.05, 0) is 31.4 Å². The summed E-state index contributed by atoms with van der Waals surface area (Å²) in [6, 6.07) is 6.50. The Hall–Kier alpha value is -1.11. The number of rotatable bonds is 8. The molecule has 0 amide bonds. The van der Waals surface area contributed by atoms with Gasteiger partial charge >= 0.3 is 0 Å². The van der Waals surface area contributed by atoms with Gasteiger partial charge in [-0.25, -0.2) is 13.1 Å². The molecular formula is C12H19NO4S. The molecule has 0 spiro atoms. The van der Waals surface area contributed by atoms with Gasteiger partial charge in [0, 0.05) is 13.2 Å². The van der Waals surface area contributed by atoms with Gasteiger partial charge < -0.3 is 9.84 Å². The molecule has 0 unspecified atom stereocenters. The second kappa shape index (κ2) is 7.35. The summed E-state index contributed by atoms with van der Waals surface area (Å²) in [5.74, 6) is 0.334. The molecule has 0 aromatic heterocycles. The molecule has 0 saturated heterocycles. The van der Waals surface area contributed by atoms with Gasteiger partial charge in [-0.1, -0.05) is 12.1 Å². The van der Waals surface area contributed by atoms with Gasteiger partial charge in [-0.2, -0.15) is 0 Å². The summed E-state index contributed by atoms with van der Waals surface area (Å²) >= 11 is 0. The Balaban J connectivity index is 2.63. The lowest BCUT2D eigenvalue weighted by Gasteiger charge is -2.10. The fourth-order valence-corrected chi connectivity index (χ4v) is 2.78. The maximum absolute atomic E-state index is 12.0. The van der Waals surface area contributed by atoms with E-state index in [2.05, 4.69) is 4.72 Å². The molecule has 102 valence electrons. The monoisotopic (exact) mass is 273 g/mol. The average molecular weight is 273 g/mol. The highest BCUT2D eigenvalue weighted by Gasteiger charge is 2.17. The van der Waals surface area contributed by atoms with Crippen LogP contribution in [0.15, 0.2) is 29.2 Å². The van der Waals surface area contributed by atoms with Crippen molar-refractivity contribution in [3.05, 3.63) is 24.3 Å². The van der Waals surface area contributed by atoms with Crippen molar-refractivity contribution in [2.24, 2.45) is 0 Å². The van der Waals surface area contributed by atoms with E-state index in [-0.39, 0.29) is 11.5 Å². The molecule has 6 heteroatoms. The van der Waals surface area contributed by atoms with Crippen LogP contribution in [-0.2, 0) is 10.0 Å². The molecule has 0 bridgehead atoms. The highest BCUT2D eigenvalue weighted by molar-refractivity contribution is 7.89. The number of aliphatic hydroxyl groups excluding tert-OH is 1. The standard InChI is InChI=1S/C12H19NO4S/c1-17-11-7-3-4-8-12(11)18(15,16)13-9-5-2-6-10-14/h3-4,7-8,13-14H,2,5-6,9-10H2,1H3. The first-order valence-corrected chi connectivity index (χ1v) is 7.33. The Morgan fingerprint density at radius 3 is 2.61 bits per heavy atom. The predicted octanol–water partition coefficient (Wildman–Crippen LogP) is 1.14. The van der Waals surface area contributed by atoms with Crippen LogP contribution in [0.2, 0.25) is 0 Å². The van der Waals surface area contributed by atoms with Crippen LogP contribution < -0.4 is 9.46 Å². The largest absolute Gasteiger partial charge is 0.495 e. The number of hydrogen-bond acceptors (Lipinski definition) is 4. The van der Waals surface area contributed by atoms with Crippen LogP contribution in [0.25, 0.3) is 0 Å². The maximum Gasteiger partial charge on any atom is 0.244 e. The van der Waals surface area contributed by atoms with Crippen molar-refractivity contribution in [3.8, 4) is 5.75 Å². The Labute approximate surface area is 108 Å². The number of ether oxygens (including phenoxy) is 1.